The summed E-state index contributed by atoms with van der Waals surface area (Å²) >= 11 is 0. The molecule has 2 nitrogen and oxygen atoms in total. The molecule has 2 aromatic heterocycles. The van der Waals surface area contributed by atoms with Gasteiger partial charge in [0.25, 0.3) is 0 Å². The zero-order valence-electron chi connectivity index (χ0n) is 39.1. The Hall–Kier alpha value is -9.50. The van der Waals surface area contributed by atoms with Gasteiger partial charge in [0.15, 0.2) is 0 Å². The highest BCUT2D eigenvalue weighted by atomic mass is 14.7. The maximum absolute atomic E-state index is 5.02. The zero-order chi connectivity index (χ0) is 47.3. The van der Waals surface area contributed by atoms with Crippen LogP contribution in [0.2, 0.25) is 0 Å². The molecular formula is C70H42N2. The molecular weight excluding hydrogens is 869 g/mol. The van der Waals surface area contributed by atoms with Crippen LogP contribution in [0.1, 0.15) is 0 Å². The van der Waals surface area contributed by atoms with Crippen LogP contribution < -0.4 is 0 Å². The molecule has 15 aromatic rings. The Morgan fingerprint density at radius 2 is 0.708 bits per heavy atom. The van der Waals surface area contributed by atoms with E-state index in [1.54, 1.807) is 0 Å². The maximum atomic E-state index is 5.02. The van der Waals surface area contributed by atoms with Crippen molar-refractivity contribution in [2.45, 2.75) is 0 Å². The third-order valence-electron chi connectivity index (χ3n) is 15.2. The Bertz CT molecular complexity index is 4760. The third-order valence-corrected chi connectivity index (χ3v) is 15.2. The molecule has 0 saturated heterocycles. The zero-order valence-corrected chi connectivity index (χ0v) is 39.1. The van der Waals surface area contributed by atoms with Crippen LogP contribution in [-0.2, 0) is 0 Å². The number of hydrogen-bond donors (Lipinski definition) is 0. The van der Waals surface area contributed by atoms with E-state index in [9.17, 15) is 0 Å². The summed E-state index contributed by atoms with van der Waals surface area (Å²) in [5.41, 5.74) is 12.7. The van der Waals surface area contributed by atoms with Gasteiger partial charge in [0, 0.05) is 28.7 Å². The number of pyridine rings is 2. The van der Waals surface area contributed by atoms with E-state index >= 15 is 0 Å². The van der Waals surface area contributed by atoms with E-state index in [1.807, 2.05) is 18.5 Å². The van der Waals surface area contributed by atoms with Gasteiger partial charge < -0.3 is 0 Å². The number of nitrogens with zero attached hydrogens (tertiary/aromatic N) is 2. The molecule has 2 heterocycles. The molecule has 0 aliphatic carbocycles. The summed E-state index contributed by atoms with van der Waals surface area (Å²) in [5, 5.41) is 21.0. The van der Waals surface area contributed by atoms with E-state index in [4.69, 9.17) is 4.98 Å². The van der Waals surface area contributed by atoms with Gasteiger partial charge in [-0.25, -0.2) is 0 Å². The number of rotatable bonds is 5. The van der Waals surface area contributed by atoms with Gasteiger partial charge in [0.05, 0.1) is 11.2 Å². The first kappa shape index (κ1) is 40.4. The minimum Gasteiger partial charge on any atom is -0.256 e. The van der Waals surface area contributed by atoms with Crippen LogP contribution in [-0.4, -0.2) is 9.97 Å². The van der Waals surface area contributed by atoms with Crippen molar-refractivity contribution < 1.29 is 0 Å². The Kier molecular flexibility index (Phi) is 8.99. The molecule has 2 heteroatoms. The normalized spacial score (nSPS) is 11.9. The van der Waals surface area contributed by atoms with Crippen molar-refractivity contribution in [3.8, 4) is 55.8 Å². The molecule has 0 aliphatic heterocycles. The van der Waals surface area contributed by atoms with Gasteiger partial charge in [0.1, 0.15) is 0 Å². The van der Waals surface area contributed by atoms with Crippen molar-refractivity contribution in [2.75, 3.05) is 0 Å². The lowest BCUT2D eigenvalue weighted by atomic mass is 9.89. The largest absolute Gasteiger partial charge is 0.256 e. The fourth-order valence-corrected chi connectivity index (χ4v) is 11.6. The Morgan fingerprint density at radius 1 is 0.222 bits per heavy atom. The predicted octanol–water partition coefficient (Wildman–Crippen LogP) is 19.2. The van der Waals surface area contributed by atoms with Gasteiger partial charge in [-0.2, -0.15) is 0 Å². The standard InChI is InChI=1S/C70H42N2/c1-2-13-59-44(9-1)20-27-54-38-65(61-14-3-5-16-63(61)69(54)59)50-11-7-10-46(33-50)47-24-29-56-42-72-68(41-58(56)35-47)53-30-31-60-51(36-53)26-28-55-39-66(62-15-4-6-17-64(62)70(55)60)52-25-19-43-18-22-48(34-57(43)37-52)49-23-21-45-12-8-32-71-67(45)40-49/h1-42H. The Labute approximate surface area is 415 Å². The van der Waals surface area contributed by atoms with E-state index in [1.165, 1.54) is 125 Å². The molecule has 0 bridgehead atoms. The average Bonchev–Trinajstić information content (AvgIpc) is 3.45. The van der Waals surface area contributed by atoms with Crippen molar-refractivity contribution in [3.05, 3.63) is 255 Å². The molecule has 0 N–H and O–H groups in total. The maximum Gasteiger partial charge on any atom is 0.0708 e. The van der Waals surface area contributed by atoms with Crippen LogP contribution >= 0.6 is 0 Å². The summed E-state index contributed by atoms with van der Waals surface area (Å²) < 4.78 is 0. The number of fused-ring (bicyclic) bond motifs is 13. The lowest BCUT2D eigenvalue weighted by Gasteiger charge is -2.15. The van der Waals surface area contributed by atoms with E-state index in [-0.39, 0.29) is 0 Å². The van der Waals surface area contributed by atoms with Crippen molar-refractivity contribution in [1.29, 1.82) is 0 Å². The topological polar surface area (TPSA) is 25.8 Å². The summed E-state index contributed by atoms with van der Waals surface area (Å²) in [5.74, 6) is 0. The summed E-state index contributed by atoms with van der Waals surface area (Å²) in [6, 6.07) is 89.5. The van der Waals surface area contributed by atoms with Crippen LogP contribution in [0, 0.1) is 0 Å². The minimum absolute atomic E-state index is 0.961. The second kappa shape index (κ2) is 16.0. The molecule has 0 spiro atoms. The molecule has 15 rings (SSSR count). The van der Waals surface area contributed by atoms with Gasteiger partial charge in [-0.05, 0) is 186 Å². The van der Waals surface area contributed by atoms with Gasteiger partial charge in [-0.15, -0.1) is 0 Å². The second-order valence-corrected chi connectivity index (χ2v) is 19.3. The highest BCUT2D eigenvalue weighted by Gasteiger charge is 2.16. The fourth-order valence-electron chi connectivity index (χ4n) is 11.6. The first-order valence-electron chi connectivity index (χ1n) is 24.8. The molecule has 13 aromatic carbocycles. The second-order valence-electron chi connectivity index (χ2n) is 19.3. The van der Waals surface area contributed by atoms with E-state index in [0.717, 1.165) is 27.5 Å². The van der Waals surface area contributed by atoms with Crippen LogP contribution in [0.25, 0.3) is 153 Å². The summed E-state index contributed by atoms with van der Waals surface area (Å²) in [7, 11) is 0. The van der Waals surface area contributed by atoms with Gasteiger partial charge in [0.2, 0.25) is 0 Å². The molecule has 0 unspecified atom stereocenters. The predicted molar refractivity (Wildman–Crippen MR) is 307 cm³/mol. The molecule has 72 heavy (non-hydrogen) atoms. The first-order valence-corrected chi connectivity index (χ1v) is 24.8. The van der Waals surface area contributed by atoms with Crippen LogP contribution in [0.4, 0.5) is 0 Å². The van der Waals surface area contributed by atoms with Gasteiger partial charge in [-0.3, -0.25) is 9.97 Å². The van der Waals surface area contributed by atoms with Crippen molar-refractivity contribution in [2.24, 2.45) is 0 Å². The van der Waals surface area contributed by atoms with Crippen molar-refractivity contribution >= 4 is 97.1 Å². The van der Waals surface area contributed by atoms with E-state index < -0.39 is 0 Å². The Balaban J connectivity index is 0.779. The van der Waals surface area contributed by atoms with Crippen molar-refractivity contribution in [3.63, 3.8) is 0 Å². The van der Waals surface area contributed by atoms with E-state index in [0.29, 0.717) is 0 Å². The molecule has 0 saturated carbocycles. The van der Waals surface area contributed by atoms with Crippen LogP contribution in [0.3, 0.4) is 0 Å². The highest BCUT2D eigenvalue weighted by Crippen LogP contribution is 2.42. The summed E-state index contributed by atoms with van der Waals surface area (Å²) in [4.78, 5) is 9.64. The number of benzene rings is 13. The van der Waals surface area contributed by atoms with Gasteiger partial charge in [-0.1, -0.05) is 182 Å². The summed E-state index contributed by atoms with van der Waals surface area (Å²) in [6.45, 7) is 0. The molecule has 0 aliphatic rings. The molecule has 0 atom stereocenters. The minimum atomic E-state index is 0.961. The molecule has 332 valence electrons. The third kappa shape index (κ3) is 6.57. The SMILES string of the molecule is c1cc(-c2ccc3cnc(-c4ccc5c(ccc6cc(-c7ccc8ccc(-c9ccc%10cccnc%10c9)cc8c7)c7ccccc7c65)c4)cc3c2)cc(-c2cc3ccc4ccccc4c3c3ccccc23)c1. The van der Waals surface area contributed by atoms with Crippen molar-refractivity contribution in [1.82, 2.24) is 9.97 Å². The number of aromatic nitrogens is 2. The first-order chi connectivity index (χ1) is 35.6. The van der Waals surface area contributed by atoms with Gasteiger partial charge >= 0.3 is 0 Å². The quantitative estimate of drug-likeness (QED) is 0.161. The highest BCUT2D eigenvalue weighted by molar-refractivity contribution is 6.25. The number of hydrogen-bond acceptors (Lipinski definition) is 2. The lowest BCUT2D eigenvalue weighted by molar-refractivity contribution is 1.36. The monoisotopic (exact) mass is 910 g/mol. The average molecular weight is 911 g/mol. The summed E-state index contributed by atoms with van der Waals surface area (Å²) in [6.07, 6.45) is 3.88. The Morgan fingerprint density at radius 3 is 1.46 bits per heavy atom. The molecule has 0 fully saturated rings. The van der Waals surface area contributed by atoms with E-state index in [2.05, 4.69) is 242 Å². The molecule has 0 amide bonds. The van der Waals surface area contributed by atoms with Crippen LogP contribution in [0.5, 0.6) is 0 Å². The lowest BCUT2D eigenvalue weighted by Crippen LogP contribution is -1.89. The van der Waals surface area contributed by atoms with Crippen LogP contribution in [0.15, 0.2) is 255 Å². The smallest absolute Gasteiger partial charge is 0.0708 e. The fraction of sp³-hybridized carbons (Fsp3) is 0. The molecule has 0 radical (unpaired) electrons.